The van der Waals surface area contributed by atoms with Gasteiger partial charge in [-0.25, -0.2) is 17.6 Å². The molecule has 0 aromatic heterocycles. The molecule has 0 unspecified atom stereocenters. The number of alkyl halides is 1. The fourth-order valence-corrected chi connectivity index (χ4v) is 2.87. The molecule has 0 amide bonds. The smallest absolute Gasteiger partial charge is 0.337 e. The van der Waals surface area contributed by atoms with E-state index in [9.17, 15) is 17.6 Å². The van der Waals surface area contributed by atoms with Crippen LogP contribution in [0, 0.1) is 0 Å². The molecule has 0 saturated heterocycles. The average Bonchev–Trinajstić information content (AvgIpc) is 2.17. The van der Waals surface area contributed by atoms with Crippen molar-refractivity contribution in [3.05, 3.63) is 28.2 Å². The van der Waals surface area contributed by atoms with Crippen molar-refractivity contribution in [1.29, 1.82) is 0 Å². The fraction of sp³-hybridized carbons (Fsp3) is 0.222. The molecular formula is C9H8BrFO4S. The van der Waals surface area contributed by atoms with Gasteiger partial charge in [-0.05, 0) is 18.2 Å². The Morgan fingerprint density at radius 3 is 2.56 bits per heavy atom. The van der Waals surface area contributed by atoms with E-state index in [0.29, 0.717) is 4.47 Å². The zero-order chi connectivity index (χ0) is 12.3. The number of benzene rings is 1. The van der Waals surface area contributed by atoms with Crippen LogP contribution in [0.2, 0.25) is 0 Å². The number of aromatic carboxylic acids is 1. The van der Waals surface area contributed by atoms with Crippen molar-refractivity contribution in [3.63, 3.8) is 0 Å². The number of carbonyl (C=O) groups is 1. The molecule has 1 aromatic carbocycles. The largest absolute Gasteiger partial charge is 0.478 e. The second-order valence-corrected chi connectivity index (χ2v) is 5.95. The number of rotatable bonds is 4. The standard InChI is InChI=1S/C9H8BrFO4S/c10-6-1-2-7(9(12)13)8(5-6)16(14,15)4-3-11/h1-2,5H,3-4H2,(H,12,13). The fourth-order valence-electron chi connectivity index (χ4n) is 1.14. The van der Waals surface area contributed by atoms with Crippen LogP contribution in [0.4, 0.5) is 4.39 Å². The number of halogens is 2. The summed E-state index contributed by atoms with van der Waals surface area (Å²) >= 11 is 3.04. The first kappa shape index (κ1) is 13.1. The SMILES string of the molecule is O=C(O)c1ccc(Br)cc1S(=O)(=O)CCF. The van der Waals surface area contributed by atoms with Crippen molar-refractivity contribution in [2.75, 3.05) is 12.4 Å². The van der Waals surface area contributed by atoms with Gasteiger partial charge in [0.1, 0.15) is 6.67 Å². The molecule has 1 aromatic rings. The van der Waals surface area contributed by atoms with E-state index in [1.54, 1.807) is 0 Å². The highest BCUT2D eigenvalue weighted by Gasteiger charge is 2.22. The van der Waals surface area contributed by atoms with E-state index in [0.717, 1.165) is 12.1 Å². The molecule has 7 heteroatoms. The third-order valence-electron chi connectivity index (χ3n) is 1.86. The second kappa shape index (κ2) is 4.92. The Hall–Kier alpha value is -0.950. The van der Waals surface area contributed by atoms with Crippen LogP contribution in [0.3, 0.4) is 0 Å². The number of hydrogen-bond acceptors (Lipinski definition) is 3. The minimum Gasteiger partial charge on any atom is -0.478 e. The van der Waals surface area contributed by atoms with Crippen molar-refractivity contribution in [2.45, 2.75) is 4.90 Å². The molecular weight excluding hydrogens is 303 g/mol. The van der Waals surface area contributed by atoms with Crippen molar-refractivity contribution < 1.29 is 22.7 Å². The van der Waals surface area contributed by atoms with Gasteiger partial charge in [0.15, 0.2) is 9.84 Å². The zero-order valence-electron chi connectivity index (χ0n) is 7.98. The predicted molar refractivity (Wildman–Crippen MR) is 59.1 cm³/mol. The molecule has 0 saturated carbocycles. The Bertz CT molecular complexity index is 512. The number of sulfone groups is 1. The quantitative estimate of drug-likeness (QED) is 0.922. The Balaban J connectivity index is 3.42. The van der Waals surface area contributed by atoms with Crippen LogP contribution in [-0.4, -0.2) is 31.9 Å². The lowest BCUT2D eigenvalue weighted by atomic mass is 10.2. The molecule has 16 heavy (non-hydrogen) atoms. The minimum atomic E-state index is -3.89. The monoisotopic (exact) mass is 310 g/mol. The molecule has 0 heterocycles. The summed E-state index contributed by atoms with van der Waals surface area (Å²) in [4.78, 5) is 10.4. The highest BCUT2D eigenvalue weighted by atomic mass is 79.9. The van der Waals surface area contributed by atoms with E-state index in [2.05, 4.69) is 15.9 Å². The molecule has 0 aliphatic carbocycles. The van der Waals surface area contributed by atoms with Crippen LogP contribution < -0.4 is 0 Å². The lowest BCUT2D eigenvalue weighted by Gasteiger charge is -2.06. The normalized spacial score (nSPS) is 11.4. The molecule has 1 N–H and O–H groups in total. The second-order valence-electron chi connectivity index (χ2n) is 2.95. The predicted octanol–water partition coefficient (Wildman–Crippen LogP) is 1.89. The Morgan fingerprint density at radius 2 is 2.06 bits per heavy atom. The molecule has 0 fully saturated rings. The first-order valence-electron chi connectivity index (χ1n) is 4.20. The maximum absolute atomic E-state index is 12.1. The molecule has 0 atom stereocenters. The van der Waals surface area contributed by atoms with E-state index >= 15 is 0 Å². The first-order chi connectivity index (χ1) is 7.38. The summed E-state index contributed by atoms with van der Waals surface area (Å²) in [6.45, 7) is -1.05. The van der Waals surface area contributed by atoms with Crippen LogP contribution in [0.25, 0.3) is 0 Å². The van der Waals surface area contributed by atoms with Gasteiger partial charge in [0.2, 0.25) is 0 Å². The van der Waals surface area contributed by atoms with Crippen LogP contribution in [0.1, 0.15) is 10.4 Å². The van der Waals surface area contributed by atoms with Gasteiger partial charge in [0.25, 0.3) is 0 Å². The van der Waals surface area contributed by atoms with Crippen LogP contribution in [0.5, 0.6) is 0 Å². The van der Waals surface area contributed by atoms with Crippen LogP contribution in [0.15, 0.2) is 27.6 Å². The van der Waals surface area contributed by atoms with Crippen molar-refractivity contribution in [1.82, 2.24) is 0 Å². The van der Waals surface area contributed by atoms with Gasteiger partial charge in [-0.3, -0.25) is 0 Å². The van der Waals surface area contributed by atoms with E-state index in [1.165, 1.54) is 6.07 Å². The first-order valence-corrected chi connectivity index (χ1v) is 6.64. The van der Waals surface area contributed by atoms with Crippen LogP contribution in [-0.2, 0) is 9.84 Å². The topological polar surface area (TPSA) is 71.4 Å². The molecule has 0 bridgehead atoms. The van der Waals surface area contributed by atoms with Gasteiger partial charge >= 0.3 is 5.97 Å². The minimum absolute atomic E-state index is 0.350. The van der Waals surface area contributed by atoms with E-state index in [1.807, 2.05) is 0 Å². The summed E-state index contributed by atoms with van der Waals surface area (Å²) in [5.41, 5.74) is -0.350. The molecule has 88 valence electrons. The number of carboxylic acid groups (broad SMARTS) is 1. The molecule has 4 nitrogen and oxygen atoms in total. The summed E-state index contributed by atoms with van der Waals surface area (Å²) in [6.07, 6.45) is 0. The zero-order valence-corrected chi connectivity index (χ0v) is 10.4. The van der Waals surface area contributed by atoms with E-state index in [-0.39, 0.29) is 10.5 Å². The Kier molecular flexibility index (Phi) is 4.03. The highest BCUT2D eigenvalue weighted by molar-refractivity contribution is 9.10. The lowest BCUT2D eigenvalue weighted by Crippen LogP contribution is -2.13. The van der Waals surface area contributed by atoms with Gasteiger partial charge in [0.05, 0.1) is 16.2 Å². The third kappa shape index (κ3) is 2.79. The van der Waals surface area contributed by atoms with Gasteiger partial charge in [-0.1, -0.05) is 15.9 Å². The number of hydrogen-bond donors (Lipinski definition) is 1. The van der Waals surface area contributed by atoms with Crippen molar-refractivity contribution >= 4 is 31.7 Å². The summed E-state index contributed by atoms with van der Waals surface area (Å²) in [7, 11) is -3.89. The van der Waals surface area contributed by atoms with Gasteiger partial charge < -0.3 is 5.11 Å². The van der Waals surface area contributed by atoms with E-state index < -0.39 is 28.2 Å². The van der Waals surface area contributed by atoms with E-state index in [4.69, 9.17) is 5.11 Å². The van der Waals surface area contributed by atoms with Gasteiger partial charge in [-0.2, -0.15) is 0 Å². The van der Waals surface area contributed by atoms with Crippen molar-refractivity contribution in [2.24, 2.45) is 0 Å². The molecule has 0 aliphatic heterocycles. The molecule has 1 rings (SSSR count). The maximum atomic E-state index is 12.1. The molecule has 0 aliphatic rings. The molecule has 0 radical (unpaired) electrons. The summed E-state index contributed by atoms with van der Waals surface area (Å²) in [6, 6.07) is 3.74. The summed E-state index contributed by atoms with van der Waals surface area (Å²) in [5, 5.41) is 8.81. The Labute approximate surface area is 100 Å². The van der Waals surface area contributed by atoms with Crippen LogP contribution >= 0.6 is 15.9 Å². The average molecular weight is 311 g/mol. The highest BCUT2D eigenvalue weighted by Crippen LogP contribution is 2.22. The van der Waals surface area contributed by atoms with Gasteiger partial charge in [-0.15, -0.1) is 0 Å². The van der Waals surface area contributed by atoms with Crippen molar-refractivity contribution in [3.8, 4) is 0 Å². The number of carboxylic acids is 1. The summed E-state index contributed by atoms with van der Waals surface area (Å²) in [5.74, 6) is -2.08. The lowest BCUT2D eigenvalue weighted by molar-refractivity contribution is 0.0692. The molecule has 0 spiro atoms. The Morgan fingerprint density at radius 1 is 1.44 bits per heavy atom. The third-order valence-corrected chi connectivity index (χ3v) is 4.05. The van der Waals surface area contributed by atoms with Gasteiger partial charge in [0, 0.05) is 4.47 Å². The maximum Gasteiger partial charge on any atom is 0.337 e. The summed E-state index contributed by atoms with van der Waals surface area (Å²) < 4.78 is 35.7.